The van der Waals surface area contributed by atoms with Crippen molar-refractivity contribution in [1.29, 1.82) is 5.26 Å². The molecule has 2 aromatic rings. The first-order valence-electron chi connectivity index (χ1n) is 11.4. The number of rotatable bonds is 4. The zero-order valence-corrected chi connectivity index (χ0v) is 19.6. The van der Waals surface area contributed by atoms with Crippen molar-refractivity contribution in [3.8, 4) is 6.07 Å². The van der Waals surface area contributed by atoms with Gasteiger partial charge in [-0.2, -0.15) is 5.26 Å². The van der Waals surface area contributed by atoms with Crippen LogP contribution in [0.15, 0.2) is 36.5 Å². The van der Waals surface area contributed by atoms with Crippen molar-refractivity contribution in [2.45, 2.75) is 45.2 Å². The van der Waals surface area contributed by atoms with E-state index in [1.165, 1.54) is 0 Å². The molecule has 168 valence electrons. The zero-order valence-electron chi connectivity index (χ0n) is 18.8. The highest BCUT2D eigenvalue weighted by Crippen LogP contribution is 2.28. The summed E-state index contributed by atoms with van der Waals surface area (Å²) in [5.41, 5.74) is 3.44. The Hall–Kier alpha value is -2.62. The summed E-state index contributed by atoms with van der Waals surface area (Å²) in [6.45, 7) is 8.85. The van der Waals surface area contributed by atoms with E-state index < -0.39 is 0 Å². The van der Waals surface area contributed by atoms with Crippen molar-refractivity contribution in [3.05, 3.63) is 58.4 Å². The van der Waals surface area contributed by atoms with Gasteiger partial charge in [-0.1, -0.05) is 6.92 Å². The number of likely N-dealkylation sites (tertiary alicyclic amines) is 1. The van der Waals surface area contributed by atoms with Crippen molar-refractivity contribution in [1.82, 2.24) is 14.8 Å². The molecule has 2 aliphatic rings. The number of benzene rings is 1. The summed E-state index contributed by atoms with van der Waals surface area (Å²) in [7, 11) is 0. The number of aromatic nitrogens is 1. The smallest absolute Gasteiger partial charge is 0.253 e. The zero-order chi connectivity index (χ0) is 22.7. The second-order valence-corrected chi connectivity index (χ2v) is 9.23. The van der Waals surface area contributed by atoms with Gasteiger partial charge < -0.3 is 9.80 Å². The number of piperazine rings is 1. The number of hydrogen-bond acceptors (Lipinski definition) is 5. The fourth-order valence-corrected chi connectivity index (χ4v) is 5.19. The molecule has 1 amide bonds. The average molecular weight is 453 g/mol. The maximum atomic E-state index is 12.8. The molecule has 6 nitrogen and oxygen atoms in total. The maximum absolute atomic E-state index is 12.8. The summed E-state index contributed by atoms with van der Waals surface area (Å²) in [5.74, 6) is 0.110. The Morgan fingerprint density at radius 3 is 2.53 bits per heavy atom. The van der Waals surface area contributed by atoms with Crippen LogP contribution in [0.4, 0.5) is 5.69 Å². The summed E-state index contributed by atoms with van der Waals surface area (Å²) in [4.78, 5) is 24.2. The van der Waals surface area contributed by atoms with Gasteiger partial charge in [-0.25, -0.2) is 4.98 Å². The van der Waals surface area contributed by atoms with Gasteiger partial charge >= 0.3 is 0 Å². The van der Waals surface area contributed by atoms with Crippen LogP contribution < -0.4 is 4.90 Å². The summed E-state index contributed by atoms with van der Waals surface area (Å²) in [6.07, 6.45) is 4.96. The second kappa shape index (κ2) is 9.89. The number of aryl methyl sites for hydroxylation is 1. The Bertz CT molecular complexity index is 994. The molecule has 2 saturated heterocycles. The lowest BCUT2D eigenvalue weighted by atomic mass is 9.97. The van der Waals surface area contributed by atoms with E-state index in [0.717, 1.165) is 73.8 Å². The lowest BCUT2D eigenvalue weighted by Gasteiger charge is -2.48. The van der Waals surface area contributed by atoms with Crippen LogP contribution in [0.5, 0.6) is 0 Å². The van der Waals surface area contributed by atoms with Gasteiger partial charge in [-0.15, -0.1) is 0 Å². The topological polar surface area (TPSA) is 63.5 Å². The van der Waals surface area contributed by atoms with Gasteiger partial charge in [0.2, 0.25) is 5.02 Å². The first-order chi connectivity index (χ1) is 15.5. The van der Waals surface area contributed by atoms with Crippen molar-refractivity contribution in [2.24, 2.45) is 0 Å². The summed E-state index contributed by atoms with van der Waals surface area (Å²) in [6, 6.07) is 12.3. The first-order valence-corrected chi connectivity index (χ1v) is 11.8. The fourth-order valence-electron chi connectivity index (χ4n) is 5.05. The molecule has 0 saturated carbocycles. The van der Waals surface area contributed by atoms with Gasteiger partial charge in [0.25, 0.3) is 5.91 Å². The number of nitrogens with zero attached hydrogens (tertiary/aromatic N) is 5. The van der Waals surface area contributed by atoms with Gasteiger partial charge in [-0.3, -0.25) is 9.69 Å². The van der Waals surface area contributed by atoms with Gasteiger partial charge in [0.1, 0.15) is 11.8 Å². The van der Waals surface area contributed by atoms with Crippen LogP contribution in [0.3, 0.4) is 0 Å². The van der Waals surface area contributed by atoms with Crippen LogP contribution in [0.2, 0.25) is 5.02 Å². The number of amides is 1. The molecule has 1 aromatic heterocycles. The van der Waals surface area contributed by atoms with Crippen LogP contribution in [0.1, 0.15) is 47.8 Å². The molecule has 3 heterocycles. The van der Waals surface area contributed by atoms with E-state index in [-0.39, 0.29) is 5.91 Å². The molecule has 32 heavy (non-hydrogen) atoms. The van der Waals surface area contributed by atoms with Gasteiger partial charge in [0.15, 0.2) is 11.6 Å². The molecular formula is C25H31ClN5O+. The normalized spacial score (nSPS) is 20.2. The molecular weight excluding hydrogens is 422 g/mol. The van der Waals surface area contributed by atoms with Crippen LogP contribution in [-0.2, 0) is 0 Å². The number of hydrogen-bond donors (Lipinski definition) is 0. The van der Waals surface area contributed by atoms with E-state index >= 15 is 0 Å². The Balaban J connectivity index is 1.36. The SMILES string of the molecule is CC[C@H]1CN(c2cnc(C#N)cc2C)CCN1C1CCN(C(=O)c2ccc([ClH+])cc2)CC1. The molecule has 0 radical (unpaired) electrons. The lowest BCUT2D eigenvalue weighted by molar-refractivity contribution is -0.288. The van der Waals surface area contributed by atoms with Gasteiger partial charge in [0.05, 0.1) is 11.9 Å². The molecule has 7 heteroatoms. The van der Waals surface area contributed by atoms with E-state index in [1.54, 1.807) is 0 Å². The second-order valence-electron chi connectivity index (χ2n) is 8.76. The number of pyridine rings is 1. The Morgan fingerprint density at radius 2 is 1.91 bits per heavy atom. The van der Waals surface area contributed by atoms with Crippen LogP contribution >= 0.6 is 0 Å². The Kier molecular flexibility index (Phi) is 6.98. The fraction of sp³-hybridized carbons (Fsp3) is 0.480. The largest absolute Gasteiger partial charge is 0.367 e. The highest BCUT2D eigenvalue weighted by Gasteiger charge is 2.34. The third-order valence-corrected chi connectivity index (χ3v) is 7.13. The standard InChI is InChI=1S/C25H31ClN5O/c1-3-22-17-30(24-16-28-21(15-27)14-18(24)2)12-13-31(22)23-8-10-29(11-9-23)25(32)19-4-6-20(26)7-5-19/h4-7,14,16,22-23,26H,3,8-13,17H2,1-2H3/q+1/t22-/m0/s1. The maximum Gasteiger partial charge on any atom is 0.253 e. The van der Waals surface area contributed by atoms with Crippen molar-refractivity contribution >= 4 is 11.6 Å². The third-order valence-electron chi connectivity index (χ3n) is 6.86. The average Bonchev–Trinajstić information content (AvgIpc) is 2.83. The molecule has 0 spiro atoms. The number of piperidine rings is 1. The molecule has 1 aromatic carbocycles. The minimum atomic E-state index is 0.110. The number of halogens is 1. The van der Waals surface area contributed by atoms with E-state index in [1.807, 2.05) is 41.4 Å². The van der Waals surface area contributed by atoms with Crippen molar-refractivity contribution in [2.75, 3.05) is 37.6 Å². The lowest BCUT2D eigenvalue weighted by Crippen LogP contribution is -2.58. The van der Waals surface area contributed by atoms with Gasteiger partial charge in [-0.05, 0) is 49.9 Å². The molecule has 1 atom stereocenters. The van der Waals surface area contributed by atoms with E-state index in [2.05, 4.69) is 34.7 Å². The van der Waals surface area contributed by atoms with E-state index in [4.69, 9.17) is 16.9 Å². The highest BCUT2D eigenvalue weighted by atomic mass is 35.5. The third kappa shape index (κ3) is 4.74. The summed E-state index contributed by atoms with van der Waals surface area (Å²) < 4.78 is 0. The predicted molar refractivity (Wildman–Crippen MR) is 123 cm³/mol. The van der Waals surface area contributed by atoms with Crippen molar-refractivity contribution < 1.29 is 16.4 Å². The Morgan fingerprint density at radius 1 is 1.19 bits per heavy atom. The predicted octanol–water partition coefficient (Wildman–Crippen LogP) is 3.16. The number of carbonyl (C=O) groups excluding carboxylic acids is 1. The molecule has 2 aliphatic heterocycles. The number of nitriles is 1. The molecule has 0 N–H and O–H groups in total. The Labute approximate surface area is 195 Å². The van der Waals surface area contributed by atoms with E-state index in [0.29, 0.717) is 17.8 Å². The van der Waals surface area contributed by atoms with Crippen LogP contribution in [0.25, 0.3) is 0 Å². The number of anilines is 1. The summed E-state index contributed by atoms with van der Waals surface area (Å²) in [5, 5.41) is 9.85. The van der Waals surface area contributed by atoms with Gasteiger partial charge in [0, 0.05) is 62.5 Å². The monoisotopic (exact) mass is 452 g/mol. The molecule has 0 unspecified atom stereocenters. The minimum absolute atomic E-state index is 0.110. The highest BCUT2D eigenvalue weighted by molar-refractivity contribution is 5.94. The number of carbonyl (C=O) groups is 1. The summed E-state index contributed by atoms with van der Waals surface area (Å²) >= 11 is 5.13. The molecule has 0 aliphatic carbocycles. The quantitative estimate of drug-likeness (QED) is 0.713. The molecule has 0 bridgehead atoms. The minimum Gasteiger partial charge on any atom is -0.367 e. The molecule has 2 fully saturated rings. The molecule has 4 rings (SSSR count). The van der Waals surface area contributed by atoms with Crippen LogP contribution in [0, 0.1) is 29.9 Å². The van der Waals surface area contributed by atoms with Crippen LogP contribution in [-0.4, -0.2) is 65.5 Å². The van der Waals surface area contributed by atoms with Crippen molar-refractivity contribution in [3.63, 3.8) is 0 Å². The first kappa shape index (κ1) is 22.6. The van der Waals surface area contributed by atoms with E-state index in [9.17, 15) is 4.79 Å².